The summed E-state index contributed by atoms with van der Waals surface area (Å²) < 4.78 is 40.4. The van der Waals surface area contributed by atoms with E-state index >= 15 is 0 Å². The van der Waals surface area contributed by atoms with Crippen LogP contribution in [0.5, 0.6) is 5.88 Å². The highest BCUT2D eigenvalue weighted by Gasteiger charge is 2.27. The number of rotatable bonds is 9. The first kappa shape index (κ1) is 23.6. The Labute approximate surface area is 196 Å². The molecular formula is C25H33N3O4S. The molecule has 1 aliphatic rings. The number of H-pyrrole nitrogens is 1. The molecule has 1 aliphatic heterocycles. The van der Waals surface area contributed by atoms with Crippen LogP contribution in [0, 0.1) is 11.8 Å². The lowest BCUT2D eigenvalue weighted by molar-refractivity contribution is 0.0492. The summed E-state index contributed by atoms with van der Waals surface area (Å²) in [6, 6.07) is 12.8. The predicted molar refractivity (Wildman–Crippen MR) is 130 cm³/mol. The van der Waals surface area contributed by atoms with Crippen molar-refractivity contribution in [2.45, 2.75) is 44.9 Å². The van der Waals surface area contributed by atoms with Gasteiger partial charge in [-0.05, 0) is 67.0 Å². The quantitative estimate of drug-likeness (QED) is 0.485. The first-order valence-electron chi connectivity index (χ1n) is 11.7. The molecule has 2 aromatic carbocycles. The van der Waals surface area contributed by atoms with Gasteiger partial charge in [-0.15, -0.1) is 5.10 Å². The van der Waals surface area contributed by atoms with E-state index in [4.69, 9.17) is 9.47 Å². The summed E-state index contributed by atoms with van der Waals surface area (Å²) in [6.07, 6.45) is 2.83. The molecule has 4 rings (SSSR count). The number of nitrogens with zero attached hydrogens (tertiary/aromatic N) is 2. The molecular weight excluding hydrogens is 438 g/mol. The first-order chi connectivity index (χ1) is 15.9. The van der Waals surface area contributed by atoms with Gasteiger partial charge >= 0.3 is 0 Å². The molecule has 0 spiro atoms. The van der Waals surface area contributed by atoms with E-state index in [0.29, 0.717) is 36.0 Å². The fourth-order valence-corrected chi connectivity index (χ4v) is 5.70. The number of nitrogens with one attached hydrogen (secondary N) is 1. The van der Waals surface area contributed by atoms with Crippen molar-refractivity contribution in [1.82, 2.24) is 10.2 Å². The van der Waals surface area contributed by atoms with E-state index in [0.717, 1.165) is 38.0 Å². The van der Waals surface area contributed by atoms with E-state index in [-0.39, 0.29) is 10.8 Å². The second-order valence-corrected chi connectivity index (χ2v) is 10.9. The molecule has 0 unspecified atom stereocenters. The van der Waals surface area contributed by atoms with E-state index in [9.17, 15) is 8.42 Å². The minimum atomic E-state index is -3.77. The van der Waals surface area contributed by atoms with Crippen molar-refractivity contribution in [3.8, 4) is 5.88 Å². The SMILES string of the molecule is CCc1ccc(N(CC(C)C)S(=O)(=O)c2ccc3[nH]nc(OCC4CCOCC4)c3c2)cc1. The Kier molecular flexibility index (Phi) is 7.24. The van der Waals surface area contributed by atoms with Gasteiger partial charge in [-0.25, -0.2) is 8.42 Å². The second-order valence-electron chi connectivity index (χ2n) is 9.05. The minimum absolute atomic E-state index is 0.168. The highest BCUT2D eigenvalue weighted by Crippen LogP contribution is 2.30. The predicted octanol–water partition coefficient (Wildman–Crippen LogP) is 4.78. The van der Waals surface area contributed by atoms with Gasteiger partial charge in [0.25, 0.3) is 10.0 Å². The van der Waals surface area contributed by atoms with Gasteiger partial charge < -0.3 is 9.47 Å². The highest BCUT2D eigenvalue weighted by molar-refractivity contribution is 7.92. The third kappa shape index (κ3) is 5.33. The number of ether oxygens (including phenoxy) is 2. The average Bonchev–Trinajstić information content (AvgIpc) is 3.24. The summed E-state index contributed by atoms with van der Waals surface area (Å²) in [4.78, 5) is 0.229. The van der Waals surface area contributed by atoms with Crippen LogP contribution in [0.2, 0.25) is 0 Å². The molecule has 0 atom stereocenters. The number of sulfonamides is 1. The van der Waals surface area contributed by atoms with Gasteiger partial charge in [-0.3, -0.25) is 9.40 Å². The summed E-state index contributed by atoms with van der Waals surface area (Å²) in [5.74, 6) is 1.03. The molecule has 1 aromatic heterocycles. The highest BCUT2D eigenvalue weighted by atomic mass is 32.2. The van der Waals surface area contributed by atoms with E-state index in [1.165, 1.54) is 9.87 Å². The van der Waals surface area contributed by atoms with Crippen molar-refractivity contribution < 1.29 is 17.9 Å². The number of aryl methyl sites for hydroxylation is 1. The Bertz CT molecular complexity index is 1170. The number of fused-ring (bicyclic) bond motifs is 1. The van der Waals surface area contributed by atoms with Crippen molar-refractivity contribution >= 4 is 26.6 Å². The van der Waals surface area contributed by atoms with Crippen molar-refractivity contribution in [2.24, 2.45) is 11.8 Å². The maximum absolute atomic E-state index is 13.7. The summed E-state index contributed by atoms with van der Waals surface area (Å²) in [5.41, 5.74) is 2.59. The first-order valence-corrected chi connectivity index (χ1v) is 13.1. The molecule has 8 heteroatoms. The van der Waals surface area contributed by atoms with Crippen LogP contribution in [0.15, 0.2) is 47.4 Å². The Morgan fingerprint density at radius 2 is 1.88 bits per heavy atom. The number of benzene rings is 2. The van der Waals surface area contributed by atoms with E-state index in [1.807, 2.05) is 38.1 Å². The van der Waals surface area contributed by atoms with Gasteiger partial charge in [0.15, 0.2) is 0 Å². The molecule has 1 saturated heterocycles. The number of hydrogen-bond acceptors (Lipinski definition) is 5. The molecule has 2 heterocycles. The van der Waals surface area contributed by atoms with Gasteiger partial charge in [0.2, 0.25) is 5.88 Å². The zero-order valence-corrected chi connectivity index (χ0v) is 20.4. The van der Waals surface area contributed by atoms with Gasteiger partial charge in [-0.2, -0.15) is 0 Å². The monoisotopic (exact) mass is 471 g/mol. The largest absolute Gasteiger partial charge is 0.476 e. The molecule has 7 nitrogen and oxygen atoms in total. The van der Waals surface area contributed by atoms with Crippen molar-refractivity contribution in [1.29, 1.82) is 0 Å². The molecule has 0 saturated carbocycles. The van der Waals surface area contributed by atoms with Crippen LogP contribution < -0.4 is 9.04 Å². The molecule has 3 aromatic rings. The molecule has 178 valence electrons. The zero-order valence-electron chi connectivity index (χ0n) is 19.6. The molecule has 1 N–H and O–H groups in total. The van der Waals surface area contributed by atoms with Crippen molar-refractivity contribution in [3.63, 3.8) is 0 Å². The van der Waals surface area contributed by atoms with Crippen LogP contribution in [-0.2, 0) is 21.2 Å². The molecule has 0 bridgehead atoms. The maximum Gasteiger partial charge on any atom is 0.264 e. The van der Waals surface area contributed by atoms with Crippen LogP contribution in [0.3, 0.4) is 0 Å². The smallest absolute Gasteiger partial charge is 0.264 e. The van der Waals surface area contributed by atoms with Crippen LogP contribution in [0.1, 0.15) is 39.2 Å². The van der Waals surface area contributed by atoms with Crippen LogP contribution in [0.4, 0.5) is 5.69 Å². The Morgan fingerprint density at radius 3 is 2.55 bits per heavy atom. The third-order valence-electron chi connectivity index (χ3n) is 6.05. The number of aromatic nitrogens is 2. The van der Waals surface area contributed by atoms with Gasteiger partial charge in [-0.1, -0.05) is 32.9 Å². The minimum Gasteiger partial charge on any atom is -0.476 e. The van der Waals surface area contributed by atoms with E-state index in [1.54, 1.807) is 18.2 Å². The molecule has 0 aliphatic carbocycles. The van der Waals surface area contributed by atoms with Crippen LogP contribution >= 0.6 is 0 Å². The summed E-state index contributed by atoms with van der Waals surface area (Å²) >= 11 is 0. The number of anilines is 1. The number of hydrogen-bond donors (Lipinski definition) is 1. The zero-order chi connectivity index (χ0) is 23.4. The lowest BCUT2D eigenvalue weighted by Gasteiger charge is -2.26. The number of aromatic amines is 1. The summed E-state index contributed by atoms with van der Waals surface area (Å²) in [5, 5.41) is 7.91. The van der Waals surface area contributed by atoms with E-state index < -0.39 is 10.0 Å². The normalized spacial score (nSPS) is 15.3. The Balaban J connectivity index is 1.64. The molecule has 1 fully saturated rings. The molecule has 0 amide bonds. The topological polar surface area (TPSA) is 84.5 Å². The van der Waals surface area contributed by atoms with E-state index in [2.05, 4.69) is 17.1 Å². The molecule has 33 heavy (non-hydrogen) atoms. The van der Waals surface area contributed by atoms with Gasteiger partial charge in [0.1, 0.15) is 0 Å². The van der Waals surface area contributed by atoms with Crippen LogP contribution in [0.25, 0.3) is 10.9 Å². The standard InChI is InChI=1S/C25H33N3O4S/c1-4-19-5-7-21(8-6-19)28(16-18(2)3)33(29,30)22-9-10-24-23(15-22)25(27-26-24)32-17-20-11-13-31-14-12-20/h5-10,15,18,20H,4,11-14,16-17H2,1-3H3,(H,26,27). The summed E-state index contributed by atoms with van der Waals surface area (Å²) in [7, 11) is -3.77. The lowest BCUT2D eigenvalue weighted by atomic mass is 10.0. The second kappa shape index (κ2) is 10.1. The Hall–Kier alpha value is -2.58. The van der Waals surface area contributed by atoms with Gasteiger partial charge in [0.05, 0.1) is 28.1 Å². The molecule has 0 radical (unpaired) electrons. The maximum atomic E-state index is 13.7. The Morgan fingerprint density at radius 1 is 1.15 bits per heavy atom. The lowest BCUT2D eigenvalue weighted by Crippen LogP contribution is -2.34. The average molecular weight is 472 g/mol. The van der Waals surface area contributed by atoms with Crippen LogP contribution in [-0.4, -0.2) is 45.0 Å². The fraction of sp³-hybridized carbons (Fsp3) is 0.480. The third-order valence-corrected chi connectivity index (χ3v) is 7.84. The fourth-order valence-electron chi connectivity index (χ4n) is 4.05. The van der Waals surface area contributed by atoms with Crippen molar-refractivity contribution in [2.75, 3.05) is 30.7 Å². The van der Waals surface area contributed by atoms with Gasteiger partial charge in [0, 0.05) is 19.8 Å². The van der Waals surface area contributed by atoms with Crippen molar-refractivity contribution in [3.05, 3.63) is 48.0 Å². The summed E-state index contributed by atoms with van der Waals surface area (Å²) in [6.45, 7) is 8.56.